The number of amides is 1. The van der Waals surface area contributed by atoms with Crippen molar-refractivity contribution in [3.8, 4) is 0 Å². The fourth-order valence-corrected chi connectivity index (χ4v) is 3.96. The number of carbonyl (C=O) groups excluding carboxylic acids is 1. The largest absolute Gasteiger partial charge is 0.444 e. The molecule has 2 saturated heterocycles. The first-order valence-corrected chi connectivity index (χ1v) is 7.24. The lowest BCUT2D eigenvalue weighted by Gasteiger charge is -2.24. The normalized spacial score (nSPS) is 44.2. The molecule has 1 amide bonds. The summed E-state index contributed by atoms with van der Waals surface area (Å²) in [6, 6.07) is 0.399. The Balaban J connectivity index is 1.55. The van der Waals surface area contributed by atoms with Gasteiger partial charge >= 0.3 is 6.09 Å². The molecule has 0 spiro atoms. The summed E-state index contributed by atoms with van der Waals surface area (Å²) in [4.78, 5) is 11.8. The smallest absolute Gasteiger partial charge is 0.407 e. The van der Waals surface area contributed by atoms with Crippen molar-refractivity contribution < 1.29 is 14.3 Å². The van der Waals surface area contributed by atoms with Gasteiger partial charge < -0.3 is 20.5 Å². The molecular weight excluding hydrogens is 244 g/mol. The Morgan fingerprint density at radius 3 is 2.63 bits per heavy atom. The number of hydrogen-bond acceptors (Lipinski definition) is 4. The van der Waals surface area contributed by atoms with E-state index >= 15 is 0 Å². The average molecular weight is 268 g/mol. The number of nitrogens with two attached hydrogens (primary N) is 1. The molecule has 2 aliphatic heterocycles. The second-order valence-electron chi connectivity index (χ2n) is 7.18. The number of rotatable bonds is 1. The van der Waals surface area contributed by atoms with Crippen molar-refractivity contribution in [2.24, 2.45) is 17.6 Å². The quantitative estimate of drug-likeness (QED) is 0.754. The van der Waals surface area contributed by atoms with Gasteiger partial charge in [-0.25, -0.2) is 4.79 Å². The third-order valence-electron chi connectivity index (χ3n) is 4.54. The van der Waals surface area contributed by atoms with Crippen LogP contribution in [0.4, 0.5) is 4.79 Å². The van der Waals surface area contributed by atoms with E-state index in [2.05, 4.69) is 5.32 Å². The van der Waals surface area contributed by atoms with Crippen LogP contribution in [0, 0.1) is 11.8 Å². The zero-order chi connectivity index (χ0) is 13.8. The van der Waals surface area contributed by atoms with Crippen LogP contribution in [0.15, 0.2) is 0 Å². The zero-order valence-electron chi connectivity index (χ0n) is 11.9. The van der Waals surface area contributed by atoms with Crippen LogP contribution in [0.5, 0.6) is 0 Å². The molecule has 0 aromatic heterocycles. The molecule has 3 fully saturated rings. The van der Waals surface area contributed by atoms with Gasteiger partial charge in [0.2, 0.25) is 0 Å². The molecule has 2 heterocycles. The van der Waals surface area contributed by atoms with Crippen molar-refractivity contribution in [2.75, 3.05) is 0 Å². The number of carbonyl (C=O) groups is 1. The number of alkyl carbamates (subject to hydrolysis) is 1. The summed E-state index contributed by atoms with van der Waals surface area (Å²) in [5, 5.41) is 2.99. The lowest BCUT2D eigenvalue weighted by atomic mass is 9.79. The molecule has 6 atom stereocenters. The first kappa shape index (κ1) is 13.2. The van der Waals surface area contributed by atoms with Crippen molar-refractivity contribution in [2.45, 2.75) is 69.9 Å². The minimum absolute atomic E-state index is 0.187. The molecule has 3 N–H and O–H groups in total. The third-order valence-corrected chi connectivity index (χ3v) is 4.54. The molecule has 3 aliphatic rings. The van der Waals surface area contributed by atoms with Crippen LogP contribution in [0.2, 0.25) is 0 Å². The first-order chi connectivity index (χ1) is 8.83. The molecule has 0 aromatic carbocycles. The molecule has 1 aliphatic carbocycles. The standard InChI is InChI=1S/C14H24N2O3/c1-14(2,3)19-13(17)16-7-4-8-9(5-7)12-10(15)6-11(8)18-12/h7-12H,4-6,15H2,1-3H3,(H,16,17). The maximum Gasteiger partial charge on any atom is 0.407 e. The number of nitrogens with one attached hydrogen (secondary N) is 1. The SMILES string of the molecule is CC(C)(C)OC(=O)NC1CC2C3CC(N)C(O3)C2C1. The summed E-state index contributed by atoms with van der Waals surface area (Å²) < 4.78 is 11.2. The van der Waals surface area contributed by atoms with E-state index in [1.807, 2.05) is 20.8 Å². The summed E-state index contributed by atoms with van der Waals surface area (Å²) in [5.74, 6) is 1.10. The van der Waals surface area contributed by atoms with Crippen LogP contribution < -0.4 is 11.1 Å². The molecule has 1 saturated carbocycles. The number of ether oxygens (including phenoxy) is 2. The summed E-state index contributed by atoms with van der Waals surface area (Å²) in [6.45, 7) is 5.63. The Labute approximate surface area is 114 Å². The molecule has 108 valence electrons. The van der Waals surface area contributed by atoms with Crippen molar-refractivity contribution >= 4 is 6.09 Å². The molecule has 3 rings (SSSR count). The van der Waals surface area contributed by atoms with E-state index in [1.54, 1.807) is 0 Å². The highest BCUT2D eigenvalue weighted by Crippen LogP contribution is 2.51. The van der Waals surface area contributed by atoms with Gasteiger partial charge in [0.1, 0.15) is 5.60 Å². The maximum absolute atomic E-state index is 11.8. The van der Waals surface area contributed by atoms with Gasteiger partial charge in [-0.3, -0.25) is 0 Å². The van der Waals surface area contributed by atoms with Crippen LogP contribution >= 0.6 is 0 Å². The summed E-state index contributed by atoms with van der Waals surface area (Å²) in [6.07, 6.45) is 3.16. The zero-order valence-corrected chi connectivity index (χ0v) is 11.9. The van der Waals surface area contributed by atoms with Gasteiger partial charge in [0.25, 0.3) is 0 Å². The fourth-order valence-electron chi connectivity index (χ4n) is 3.96. The fraction of sp³-hybridized carbons (Fsp3) is 0.929. The van der Waals surface area contributed by atoms with E-state index in [0.717, 1.165) is 19.3 Å². The lowest BCUT2D eigenvalue weighted by Crippen LogP contribution is -2.40. The minimum atomic E-state index is -0.441. The van der Waals surface area contributed by atoms with Crippen molar-refractivity contribution in [1.82, 2.24) is 5.32 Å². The van der Waals surface area contributed by atoms with E-state index < -0.39 is 5.60 Å². The monoisotopic (exact) mass is 268 g/mol. The van der Waals surface area contributed by atoms with Crippen LogP contribution in [0.25, 0.3) is 0 Å². The third kappa shape index (κ3) is 2.46. The van der Waals surface area contributed by atoms with E-state index in [1.165, 1.54) is 0 Å². The molecule has 0 radical (unpaired) electrons. The summed E-state index contributed by atoms with van der Waals surface area (Å²) in [7, 11) is 0. The van der Waals surface area contributed by atoms with Crippen molar-refractivity contribution in [3.05, 3.63) is 0 Å². The molecule has 5 nitrogen and oxygen atoms in total. The molecule has 5 heteroatoms. The highest BCUT2D eigenvalue weighted by Gasteiger charge is 2.56. The van der Waals surface area contributed by atoms with Crippen LogP contribution in [-0.2, 0) is 9.47 Å². The van der Waals surface area contributed by atoms with Crippen molar-refractivity contribution in [1.29, 1.82) is 0 Å². The predicted molar refractivity (Wildman–Crippen MR) is 70.6 cm³/mol. The van der Waals surface area contributed by atoms with E-state index in [9.17, 15) is 4.79 Å². The summed E-state index contributed by atoms with van der Waals surface area (Å²) in [5.41, 5.74) is 5.63. The van der Waals surface area contributed by atoms with Crippen LogP contribution in [-0.4, -0.2) is 36.0 Å². The number of fused-ring (bicyclic) bond motifs is 5. The molecule has 0 aromatic rings. The van der Waals surface area contributed by atoms with Gasteiger partial charge in [-0.2, -0.15) is 0 Å². The molecule has 19 heavy (non-hydrogen) atoms. The Bertz CT molecular complexity index is 379. The van der Waals surface area contributed by atoms with Gasteiger partial charge in [-0.05, 0) is 51.9 Å². The van der Waals surface area contributed by atoms with Gasteiger partial charge in [0.05, 0.1) is 12.2 Å². The second kappa shape index (κ2) is 4.35. The Morgan fingerprint density at radius 1 is 1.26 bits per heavy atom. The summed E-state index contributed by atoms with van der Waals surface area (Å²) >= 11 is 0. The Morgan fingerprint density at radius 2 is 1.95 bits per heavy atom. The second-order valence-corrected chi connectivity index (χ2v) is 7.18. The Kier molecular flexibility index (Phi) is 3.02. The number of hydrogen-bond donors (Lipinski definition) is 2. The minimum Gasteiger partial charge on any atom is -0.444 e. The average Bonchev–Trinajstić information content (AvgIpc) is 2.84. The van der Waals surface area contributed by atoms with Gasteiger partial charge in [-0.1, -0.05) is 0 Å². The van der Waals surface area contributed by atoms with Crippen LogP contribution in [0.1, 0.15) is 40.0 Å². The van der Waals surface area contributed by atoms with Gasteiger partial charge in [0, 0.05) is 12.1 Å². The predicted octanol–water partition coefficient (Wildman–Crippen LogP) is 1.40. The van der Waals surface area contributed by atoms with E-state index in [0.29, 0.717) is 17.9 Å². The topological polar surface area (TPSA) is 73.6 Å². The maximum atomic E-state index is 11.8. The van der Waals surface area contributed by atoms with Gasteiger partial charge in [0.15, 0.2) is 0 Å². The molecule has 2 bridgehead atoms. The van der Waals surface area contributed by atoms with E-state index in [-0.39, 0.29) is 24.3 Å². The van der Waals surface area contributed by atoms with E-state index in [4.69, 9.17) is 15.2 Å². The van der Waals surface area contributed by atoms with Crippen molar-refractivity contribution in [3.63, 3.8) is 0 Å². The Hall–Kier alpha value is -0.810. The first-order valence-electron chi connectivity index (χ1n) is 7.24. The van der Waals surface area contributed by atoms with Crippen LogP contribution in [0.3, 0.4) is 0 Å². The van der Waals surface area contributed by atoms with Gasteiger partial charge in [-0.15, -0.1) is 0 Å². The highest BCUT2D eigenvalue weighted by molar-refractivity contribution is 5.68. The highest BCUT2D eigenvalue weighted by atomic mass is 16.6. The molecular formula is C14H24N2O3. The lowest BCUT2D eigenvalue weighted by molar-refractivity contribution is 0.0476. The molecule has 6 unspecified atom stereocenters.